The molecule has 2 aromatic heterocycles. The highest BCUT2D eigenvalue weighted by atomic mass is 16.3. The molecule has 0 bridgehead atoms. The average molecular weight is 331 g/mol. The lowest BCUT2D eigenvalue weighted by atomic mass is 10.2. The summed E-state index contributed by atoms with van der Waals surface area (Å²) in [6.07, 6.45) is 1.56. The number of likely N-dealkylation sites (N-methyl/N-ethyl adjacent to an activating group) is 1. The number of nitrogens with zero attached hydrogens (tertiary/aromatic N) is 4. The molecule has 0 saturated carbocycles. The maximum atomic E-state index is 12.5. The zero-order chi connectivity index (χ0) is 17.9. The molecule has 0 saturated heterocycles. The minimum absolute atomic E-state index is 0.0371. The van der Waals surface area contributed by atoms with E-state index in [0.29, 0.717) is 23.8 Å². The predicted molar refractivity (Wildman–Crippen MR) is 93.3 cm³/mol. The van der Waals surface area contributed by atoms with Crippen molar-refractivity contribution in [2.45, 2.75) is 19.9 Å². The van der Waals surface area contributed by atoms with E-state index >= 15 is 0 Å². The fourth-order valence-corrected chi connectivity index (χ4v) is 2.35. The molecule has 0 aromatic carbocycles. The summed E-state index contributed by atoms with van der Waals surface area (Å²) >= 11 is 0. The van der Waals surface area contributed by atoms with Gasteiger partial charge in [0.2, 0.25) is 5.95 Å². The molecule has 1 N–H and O–H groups in total. The van der Waals surface area contributed by atoms with Crippen molar-refractivity contribution < 1.29 is 9.21 Å². The molecular formula is C17H25N5O2. The average Bonchev–Trinajstić information content (AvgIpc) is 2.92. The molecule has 2 rings (SSSR count). The summed E-state index contributed by atoms with van der Waals surface area (Å²) in [5, 5.41) is 2.94. The second-order valence-electron chi connectivity index (χ2n) is 6.20. The topological polar surface area (TPSA) is 74.5 Å². The van der Waals surface area contributed by atoms with Gasteiger partial charge in [-0.3, -0.25) is 9.69 Å². The van der Waals surface area contributed by atoms with E-state index in [1.165, 1.54) is 0 Å². The zero-order valence-electron chi connectivity index (χ0n) is 15.1. The Hall–Kier alpha value is -2.41. The van der Waals surface area contributed by atoms with Crippen molar-refractivity contribution in [3.05, 3.63) is 41.1 Å². The Morgan fingerprint density at radius 3 is 2.46 bits per heavy atom. The maximum absolute atomic E-state index is 12.5. The summed E-state index contributed by atoms with van der Waals surface area (Å²) in [4.78, 5) is 24.8. The lowest BCUT2D eigenvalue weighted by Crippen LogP contribution is -2.35. The smallest absolute Gasteiger partial charge is 0.254 e. The zero-order valence-corrected chi connectivity index (χ0v) is 15.1. The first-order chi connectivity index (χ1) is 11.3. The van der Waals surface area contributed by atoms with Crippen LogP contribution in [0.3, 0.4) is 0 Å². The van der Waals surface area contributed by atoms with Crippen LogP contribution in [0.25, 0.3) is 0 Å². The first kappa shape index (κ1) is 17.9. The van der Waals surface area contributed by atoms with Crippen LogP contribution in [0.2, 0.25) is 0 Å². The molecule has 1 amide bonds. The molecule has 24 heavy (non-hydrogen) atoms. The standard InChI is InChI=1S/C17H25N5O2/c1-11-7-8-15(24-11)14(21(3)4)10-18-16(23)13-9-19-17(22(5)6)20-12(13)2/h7-9,14H,10H2,1-6H3,(H,18,23)/t14-/m0/s1. The quantitative estimate of drug-likeness (QED) is 0.870. The number of furan rings is 1. The van der Waals surface area contributed by atoms with Crippen molar-refractivity contribution in [1.82, 2.24) is 20.2 Å². The molecule has 2 aromatic rings. The van der Waals surface area contributed by atoms with E-state index in [1.54, 1.807) is 11.1 Å². The Balaban J connectivity index is 2.08. The summed E-state index contributed by atoms with van der Waals surface area (Å²) < 4.78 is 5.69. The van der Waals surface area contributed by atoms with Gasteiger partial charge in [-0.2, -0.15) is 0 Å². The van der Waals surface area contributed by atoms with Crippen molar-refractivity contribution in [3.8, 4) is 0 Å². The third-order valence-corrected chi connectivity index (χ3v) is 3.78. The molecule has 0 spiro atoms. The fourth-order valence-electron chi connectivity index (χ4n) is 2.35. The molecule has 2 heterocycles. The molecule has 0 aliphatic rings. The van der Waals surface area contributed by atoms with E-state index in [-0.39, 0.29) is 11.9 Å². The number of amides is 1. The number of rotatable bonds is 6. The van der Waals surface area contributed by atoms with Gasteiger partial charge in [-0.1, -0.05) is 0 Å². The van der Waals surface area contributed by atoms with Gasteiger partial charge in [0.15, 0.2) is 0 Å². The molecule has 7 heteroatoms. The van der Waals surface area contributed by atoms with Crippen molar-refractivity contribution in [2.75, 3.05) is 39.6 Å². The third kappa shape index (κ3) is 4.11. The van der Waals surface area contributed by atoms with Crippen LogP contribution in [0.5, 0.6) is 0 Å². The maximum Gasteiger partial charge on any atom is 0.254 e. The highest BCUT2D eigenvalue weighted by molar-refractivity contribution is 5.95. The second kappa shape index (κ2) is 7.44. The summed E-state index contributed by atoms with van der Waals surface area (Å²) in [5.74, 6) is 2.08. The number of nitrogens with one attached hydrogen (secondary N) is 1. The van der Waals surface area contributed by atoms with Crippen LogP contribution in [-0.4, -0.2) is 55.5 Å². The van der Waals surface area contributed by atoms with Gasteiger partial charge in [-0.15, -0.1) is 0 Å². The Morgan fingerprint density at radius 1 is 1.25 bits per heavy atom. The van der Waals surface area contributed by atoms with Gasteiger partial charge in [-0.25, -0.2) is 9.97 Å². The van der Waals surface area contributed by atoms with Crippen molar-refractivity contribution in [2.24, 2.45) is 0 Å². The Labute approximate surface area is 142 Å². The van der Waals surface area contributed by atoms with Crippen LogP contribution < -0.4 is 10.2 Å². The Bertz CT molecular complexity index is 709. The minimum atomic E-state index is -0.187. The van der Waals surface area contributed by atoms with Crippen molar-refractivity contribution in [3.63, 3.8) is 0 Å². The molecular weight excluding hydrogens is 306 g/mol. The van der Waals surface area contributed by atoms with Crippen LogP contribution in [0.15, 0.2) is 22.7 Å². The van der Waals surface area contributed by atoms with Gasteiger partial charge >= 0.3 is 0 Å². The van der Waals surface area contributed by atoms with E-state index in [1.807, 2.05) is 59.1 Å². The van der Waals surface area contributed by atoms with Gasteiger partial charge < -0.3 is 14.6 Å². The number of carbonyl (C=O) groups is 1. The number of aromatic nitrogens is 2. The van der Waals surface area contributed by atoms with Crippen LogP contribution in [0.1, 0.15) is 33.6 Å². The van der Waals surface area contributed by atoms with Crippen LogP contribution in [0.4, 0.5) is 5.95 Å². The monoisotopic (exact) mass is 331 g/mol. The van der Waals surface area contributed by atoms with E-state index in [2.05, 4.69) is 15.3 Å². The number of anilines is 1. The van der Waals surface area contributed by atoms with Gasteiger partial charge in [0.25, 0.3) is 5.91 Å². The number of hydrogen-bond donors (Lipinski definition) is 1. The number of carbonyl (C=O) groups excluding carboxylic acids is 1. The van der Waals surface area contributed by atoms with E-state index in [0.717, 1.165) is 11.5 Å². The SMILES string of the molecule is Cc1ccc([C@H](CNC(=O)c2cnc(N(C)C)nc2C)N(C)C)o1. The lowest BCUT2D eigenvalue weighted by molar-refractivity contribution is 0.0937. The lowest BCUT2D eigenvalue weighted by Gasteiger charge is -2.22. The fraction of sp³-hybridized carbons (Fsp3) is 0.471. The molecule has 0 aliphatic carbocycles. The van der Waals surface area contributed by atoms with Crippen molar-refractivity contribution in [1.29, 1.82) is 0 Å². The van der Waals surface area contributed by atoms with Crippen LogP contribution in [-0.2, 0) is 0 Å². The van der Waals surface area contributed by atoms with Crippen LogP contribution >= 0.6 is 0 Å². The third-order valence-electron chi connectivity index (χ3n) is 3.78. The Kier molecular flexibility index (Phi) is 5.56. The minimum Gasteiger partial charge on any atom is -0.465 e. The first-order valence-electron chi connectivity index (χ1n) is 7.81. The highest BCUT2D eigenvalue weighted by Gasteiger charge is 2.20. The molecule has 130 valence electrons. The number of hydrogen-bond acceptors (Lipinski definition) is 6. The van der Waals surface area contributed by atoms with E-state index in [9.17, 15) is 4.79 Å². The van der Waals surface area contributed by atoms with Gasteiger partial charge in [0.05, 0.1) is 17.3 Å². The Morgan fingerprint density at radius 2 is 1.96 bits per heavy atom. The van der Waals surface area contributed by atoms with Gasteiger partial charge in [0, 0.05) is 26.8 Å². The molecule has 0 aliphatic heterocycles. The number of aryl methyl sites for hydroxylation is 2. The van der Waals surface area contributed by atoms with Crippen molar-refractivity contribution >= 4 is 11.9 Å². The second-order valence-corrected chi connectivity index (χ2v) is 6.20. The normalized spacial score (nSPS) is 12.3. The van der Waals surface area contributed by atoms with Gasteiger partial charge in [-0.05, 0) is 40.1 Å². The molecule has 0 unspecified atom stereocenters. The van der Waals surface area contributed by atoms with E-state index < -0.39 is 0 Å². The largest absolute Gasteiger partial charge is 0.465 e. The first-order valence-corrected chi connectivity index (χ1v) is 7.81. The summed E-state index contributed by atoms with van der Waals surface area (Å²) in [6, 6.07) is 3.82. The molecule has 1 atom stereocenters. The molecule has 7 nitrogen and oxygen atoms in total. The summed E-state index contributed by atoms with van der Waals surface area (Å²) in [6.45, 7) is 4.15. The van der Waals surface area contributed by atoms with Gasteiger partial charge in [0.1, 0.15) is 11.5 Å². The summed E-state index contributed by atoms with van der Waals surface area (Å²) in [5.41, 5.74) is 1.13. The van der Waals surface area contributed by atoms with Crippen LogP contribution in [0, 0.1) is 13.8 Å². The highest BCUT2D eigenvalue weighted by Crippen LogP contribution is 2.20. The summed E-state index contributed by atoms with van der Waals surface area (Å²) in [7, 11) is 7.63. The molecule has 0 radical (unpaired) electrons. The van der Waals surface area contributed by atoms with E-state index in [4.69, 9.17) is 4.42 Å². The molecule has 0 fully saturated rings. The predicted octanol–water partition coefficient (Wildman–Crippen LogP) is 1.79.